The minimum absolute atomic E-state index is 0.0521. The van der Waals surface area contributed by atoms with E-state index in [0.29, 0.717) is 22.5 Å². The van der Waals surface area contributed by atoms with Gasteiger partial charge in [-0.2, -0.15) is 0 Å². The molecule has 86 valence electrons. The molecule has 1 heterocycles. The van der Waals surface area contributed by atoms with Gasteiger partial charge in [0.1, 0.15) is 22.5 Å². The van der Waals surface area contributed by atoms with Gasteiger partial charge < -0.3 is 9.15 Å². The van der Waals surface area contributed by atoms with Gasteiger partial charge in [0.2, 0.25) is 0 Å². The molecule has 3 nitrogen and oxygen atoms in total. The molecule has 0 aliphatic heterocycles. The monoisotopic (exact) mass is 228 g/mol. The minimum Gasteiger partial charge on any atom is -0.495 e. The highest BCUT2D eigenvalue weighted by Gasteiger charge is 2.18. The van der Waals surface area contributed by atoms with Gasteiger partial charge in [0.15, 0.2) is 5.43 Å². The van der Waals surface area contributed by atoms with Crippen LogP contribution in [0.1, 0.15) is 16.9 Å². The number of benzene rings is 1. The summed E-state index contributed by atoms with van der Waals surface area (Å²) in [6.07, 6.45) is 4.91. The van der Waals surface area contributed by atoms with Gasteiger partial charge in [-0.3, -0.25) is 4.79 Å². The maximum absolute atomic E-state index is 12.0. The molecule has 1 aliphatic rings. The summed E-state index contributed by atoms with van der Waals surface area (Å²) >= 11 is 0. The molecular formula is C14H12O3. The van der Waals surface area contributed by atoms with E-state index in [9.17, 15) is 4.79 Å². The van der Waals surface area contributed by atoms with Gasteiger partial charge in [-0.15, -0.1) is 0 Å². The molecule has 0 saturated heterocycles. The lowest BCUT2D eigenvalue weighted by Crippen LogP contribution is -2.04. The molecule has 1 aliphatic carbocycles. The predicted octanol–water partition coefficient (Wildman–Crippen LogP) is 2.68. The third-order valence-corrected chi connectivity index (χ3v) is 3.05. The van der Waals surface area contributed by atoms with Crippen LogP contribution < -0.4 is 10.2 Å². The maximum atomic E-state index is 12.0. The molecule has 2 aromatic rings. The zero-order valence-electron chi connectivity index (χ0n) is 9.74. The summed E-state index contributed by atoms with van der Waals surface area (Å²) in [6.45, 7) is 1.78. The smallest absolute Gasteiger partial charge is 0.196 e. The Kier molecular flexibility index (Phi) is 2.08. The SMILES string of the molecule is COc1c2c(cc3oc(C)cc(=O)c13)CC=C2. The van der Waals surface area contributed by atoms with Crippen molar-refractivity contribution in [3.05, 3.63) is 45.3 Å². The zero-order chi connectivity index (χ0) is 12.0. The number of ether oxygens (including phenoxy) is 1. The van der Waals surface area contributed by atoms with Crippen molar-refractivity contribution in [1.29, 1.82) is 0 Å². The molecule has 3 heteroatoms. The van der Waals surface area contributed by atoms with Crippen molar-refractivity contribution in [2.75, 3.05) is 7.11 Å². The highest BCUT2D eigenvalue weighted by atomic mass is 16.5. The van der Waals surface area contributed by atoms with E-state index in [1.807, 2.05) is 12.1 Å². The summed E-state index contributed by atoms with van der Waals surface area (Å²) in [5, 5.41) is 0.531. The molecule has 1 aromatic heterocycles. The third-order valence-electron chi connectivity index (χ3n) is 3.05. The van der Waals surface area contributed by atoms with Gasteiger partial charge >= 0.3 is 0 Å². The number of methoxy groups -OCH3 is 1. The summed E-state index contributed by atoms with van der Waals surface area (Å²) in [4.78, 5) is 12.0. The fraction of sp³-hybridized carbons (Fsp3) is 0.214. The Balaban J connectivity index is 2.52. The number of rotatable bonds is 1. The van der Waals surface area contributed by atoms with Gasteiger partial charge in [0.25, 0.3) is 0 Å². The van der Waals surface area contributed by atoms with Crippen molar-refractivity contribution in [3.8, 4) is 5.75 Å². The molecule has 0 N–H and O–H groups in total. The van der Waals surface area contributed by atoms with Crippen LogP contribution in [-0.4, -0.2) is 7.11 Å². The van der Waals surface area contributed by atoms with Crippen molar-refractivity contribution in [1.82, 2.24) is 0 Å². The molecule has 0 unspecified atom stereocenters. The Bertz CT molecular complexity index is 693. The summed E-state index contributed by atoms with van der Waals surface area (Å²) in [5.74, 6) is 1.25. The first-order valence-electron chi connectivity index (χ1n) is 5.51. The number of aryl methyl sites for hydroxylation is 1. The molecule has 0 atom stereocenters. The summed E-state index contributed by atoms with van der Waals surface area (Å²) < 4.78 is 11.0. The number of fused-ring (bicyclic) bond motifs is 2. The van der Waals surface area contributed by atoms with E-state index < -0.39 is 0 Å². The molecule has 0 saturated carbocycles. The quantitative estimate of drug-likeness (QED) is 0.753. The molecule has 0 radical (unpaired) electrons. The van der Waals surface area contributed by atoms with Gasteiger partial charge in [-0.05, 0) is 25.0 Å². The van der Waals surface area contributed by atoms with Crippen molar-refractivity contribution in [3.63, 3.8) is 0 Å². The first kappa shape index (κ1) is 10.1. The van der Waals surface area contributed by atoms with Gasteiger partial charge in [0.05, 0.1) is 7.11 Å². The fourth-order valence-corrected chi connectivity index (χ4v) is 2.34. The Labute approximate surface area is 98.3 Å². The molecule has 3 rings (SSSR count). The van der Waals surface area contributed by atoms with Gasteiger partial charge in [-0.1, -0.05) is 12.2 Å². The summed E-state index contributed by atoms with van der Waals surface area (Å²) in [6, 6.07) is 3.43. The van der Waals surface area contributed by atoms with Crippen LogP contribution in [0.4, 0.5) is 0 Å². The minimum atomic E-state index is -0.0521. The van der Waals surface area contributed by atoms with Crippen LogP contribution >= 0.6 is 0 Å². The number of hydrogen-bond acceptors (Lipinski definition) is 3. The van der Waals surface area contributed by atoms with Crippen molar-refractivity contribution in [2.24, 2.45) is 0 Å². The Morgan fingerprint density at radius 2 is 2.18 bits per heavy atom. The second-order valence-corrected chi connectivity index (χ2v) is 4.18. The highest BCUT2D eigenvalue weighted by molar-refractivity contribution is 5.90. The average Bonchev–Trinajstić information content (AvgIpc) is 2.73. The van der Waals surface area contributed by atoms with Crippen LogP contribution in [0, 0.1) is 6.92 Å². The first-order chi connectivity index (χ1) is 8.20. The van der Waals surface area contributed by atoms with E-state index in [1.165, 1.54) is 6.07 Å². The van der Waals surface area contributed by atoms with E-state index in [1.54, 1.807) is 14.0 Å². The van der Waals surface area contributed by atoms with E-state index in [-0.39, 0.29) is 5.43 Å². The summed E-state index contributed by atoms with van der Waals surface area (Å²) in [7, 11) is 1.58. The lowest BCUT2D eigenvalue weighted by atomic mass is 10.0. The first-order valence-corrected chi connectivity index (χ1v) is 5.51. The topological polar surface area (TPSA) is 39.4 Å². The largest absolute Gasteiger partial charge is 0.495 e. The van der Waals surface area contributed by atoms with Crippen LogP contribution in [0.15, 0.2) is 27.4 Å². The average molecular weight is 228 g/mol. The Morgan fingerprint density at radius 1 is 1.35 bits per heavy atom. The van der Waals surface area contributed by atoms with Crippen LogP contribution in [0.2, 0.25) is 0 Å². The van der Waals surface area contributed by atoms with Crippen molar-refractivity contribution < 1.29 is 9.15 Å². The highest BCUT2D eigenvalue weighted by Crippen LogP contribution is 2.35. The molecule has 0 amide bonds. The van der Waals surface area contributed by atoms with Crippen molar-refractivity contribution >= 4 is 17.0 Å². The van der Waals surface area contributed by atoms with E-state index in [0.717, 1.165) is 17.5 Å². The Hall–Kier alpha value is -2.03. The molecule has 0 bridgehead atoms. The molecule has 0 fully saturated rings. The van der Waals surface area contributed by atoms with Gasteiger partial charge in [-0.25, -0.2) is 0 Å². The Morgan fingerprint density at radius 3 is 2.94 bits per heavy atom. The standard InChI is InChI=1S/C14H12O3/c1-8-6-11(15)13-12(17-8)7-9-4-3-5-10(9)14(13)16-2/h3,5-7H,4H2,1-2H3. The van der Waals surface area contributed by atoms with Crippen molar-refractivity contribution in [2.45, 2.75) is 13.3 Å². The predicted molar refractivity (Wildman–Crippen MR) is 66.5 cm³/mol. The normalized spacial score (nSPS) is 13.1. The van der Waals surface area contributed by atoms with Crippen LogP contribution in [-0.2, 0) is 6.42 Å². The summed E-state index contributed by atoms with van der Waals surface area (Å²) in [5.41, 5.74) is 2.69. The number of hydrogen-bond donors (Lipinski definition) is 0. The molecule has 17 heavy (non-hydrogen) atoms. The van der Waals surface area contributed by atoms with Gasteiger partial charge in [0, 0.05) is 11.6 Å². The molecular weight excluding hydrogens is 216 g/mol. The molecule has 1 aromatic carbocycles. The van der Waals surface area contributed by atoms with E-state index >= 15 is 0 Å². The maximum Gasteiger partial charge on any atom is 0.196 e. The van der Waals surface area contributed by atoms with E-state index in [2.05, 4.69) is 6.08 Å². The number of allylic oxidation sites excluding steroid dienone is 1. The lowest BCUT2D eigenvalue weighted by Gasteiger charge is -2.10. The third kappa shape index (κ3) is 1.39. The fourth-order valence-electron chi connectivity index (χ4n) is 2.34. The van der Waals surface area contributed by atoms with Crippen LogP contribution in [0.3, 0.4) is 0 Å². The zero-order valence-corrected chi connectivity index (χ0v) is 9.74. The molecule has 0 spiro atoms. The lowest BCUT2D eigenvalue weighted by molar-refractivity contribution is 0.417. The second kappa shape index (κ2) is 3.48. The second-order valence-electron chi connectivity index (χ2n) is 4.18. The van der Waals surface area contributed by atoms with Crippen LogP contribution in [0.25, 0.3) is 17.0 Å². The van der Waals surface area contributed by atoms with Crippen LogP contribution in [0.5, 0.6) is 5.75 Å². The van der Waals surface area contributed by atoms with E-state index in [4.69, 9.17) is 9.15 Å².